The third-order valence-corrected chi connectivity index (χ3v) is 4.22. The normalized spacial score (nSPS) is 10.5. The van der Waals surface area contributed by atoms with Crippen LogP contribution in [0.4, 0.5) is 15.8 Å². The topological polar surface area (TPSA) is 119 Å². The molecular weight excluding hydrogens is 393 g/mol. The molecule has 1 heterocycles. The molecule has 3 aromatic rings. The number of carbonyl (C=O) groups excluding carboxylic acids is 1. The molecule has 0 aliphatic carbocycles. The molecule has 0 saturated carbocycles. The first-order chi connectivity index (χ1) is 14.4. The summed E-state index contributed by atoms with van der Waals surface area (Å²) in [6, 6.07) is 13.0. The molecule has 0 atom stereocenters. The number of nitrogens with zero attached hydrogens (tertiary/aromatic N) is 3. The van der Waals surface area contributed by atoms with Gasteiger partial charge in [0.15, 0.2) is 5.69 Å². The highest BCUT2D eigenvalue weighted by molar-refractivity contribution is 5.92. The maximum Gasteiger partial charge on any atom is 0.275 e. The highest BCUT2D eigenvalue weighted by Crippen LogP contribution is 2.15. The summed E-state index contributed by atoms with van der Waals surface area (Å²) >= 11 is 0. The second kappa shape index (κ2) is 8.95. The molecule has 0 aliphatic rings. The molecule has 0 fully saturated rings. The number of aryl methyl sites for hydroxylation is 1. The van der Waals surface area contributed by atoms with Crippen LogP contribution in [0.3, 0.4) is 0 Å². The summed E-state index contributed by atoms with van der Waals surface area (Å²) in [5.74, 6) is -1.22. The Hall–Kier alpha value is -4.08. The summed E-state index contributed by atoms with van der Waals surface area (Å²) in [4.78, 5) is 34.7. The smallest absolute Gasteiger partial charge is 0.275 e. The quantitative estimate of drug-likeness (QED) is 0.350. The van der Waals surface area contributed by atoms with Crippen molar-refractivity contribution in [3.05, 3.63) is 92.1 Å². The Morgan fingerprint density at radius 3 is 2.53 bits per heavy atom. The van der Waals surface area contributed by atoms with Crippen molar-refractivity contribution >= 4 is 17.3 Å². The second-order valence-corrected chi connectivity index (χ2v) is 6.35. The fourth-order valence-electron chi connectivity index (χ4n) is 2.74. The molecule has 2 aromatic carbocycles. The van der Waals surface area contributed by atoms with Crippen LogP contribution in [0.1, 0.15) is 16.2 Å². The average Bonchev–Trinajstić information content (AvgIpc) is 2.72. The fraction of sp³-hybridized carbons (Fsp3) is 0.150. The maximum atomic E-state index is 14.1. The van der Waals surface area contributed by atoms with Gasteiger partial charge in [-0.15, -0.1) is 0 Å². The van der Waals surface area contributed by atoms with Crippen LogP contribution < -0.4 is 16.1 Å². The van der Waals surface area contributed by atoms with Crippen LogP contribution in [0, 0.1) is 22.9 Å². The first kappa shape index (κ1) is 20.6. The van der Waals surface area contributed by atoms with Gasteiger partial charge in [0, 0.05) is 42.7 Å². The Bertz CT molecular complexity index is 1140. The predicted octanol–water partition coefficient (Wildman–Crippen LogP) is 2.43. The fourth-order valence-corrected chi connectivity index (χ4v) is 2.74. The van der Waals surface area contributed by atoms with E-state index < -0.39 is 22.1 Å². The van der Waals surface area contributed by atoms with Crippen LogP contribution in [0.15, 0.2) is 59.4 Å². The van der Waals surface area contributed by atoms with Gasteiger partial charge in [-0.05, 0) is 31.2 Å². The van der Waals surface area contributed by atoms with Gasteiger partial charge in [-0.1, -0.05) is 12.1 Å². The molecule has 0 radical (unpaired) electrons. The molecule has 9 nitrogen and oxygen atoms in total. The van der Waals surface area contributed by atoms with Crippen molar-refractivity contribution in [2.45, 2.75) is 6.92 Å². The molecule has 1 amide bonds. The molecule has 0 bridgehead atoms. The molecule has 154 valence electrons. The Kier molecular flexibility index (Phi) is 6.16. The summed E-state index contributed by atoms with van der Waals surface area (Å²) in [5.41, 5.74) is 0.223. The highest BCUT2D eigenvalue weighted by atomic mass is 19.1. The number of halogens is 1. The lowest BCUT2D eigenvalue weighted by molar-refractivity contribution is -0.384. The van der Waals surface area contributed by atoms with E-state index in [1.165, 1.54) is 41.1 Å². The van der Waals surface area contributed by atoms with Gasteiger partial charge in [-0.3, -0.25) is 19.7 Å². The first-order valence-electron chi connectivity index (χ1n) is 8.99. The van der Waals surface area contributed by atoms with Crippen molar-refractivity contribution < 1.29 is 14.1 Å². The largest absolute Gasteiger partial charge is 0.383 e. The van der Waals surface area contributed by atoms with E-state index in [0.29, 0.717) is 17.9 Å². The number of nitro groups is 1. The predicted molar refractivity (Wildman–Crippen MR) is 108 cm³/mol. The van der Waals surface area contributed by atoms with Crippen molar-refractivity contribution in [1.29, 1.82) is 0 Å². The van der Waals surface area contributed by atoms with E-state index in [1.807, 2.05) is 0 Å². The molecular formula is C20H18FN5O4. The lowest BCUT2D eigenvalue weighted by Gasteiger charge is -2.12. The molecule has 3 rings (SSSR count). The second-order valence-electron chi connectivity index (χ2n) is 6.35. The molecule has 0 unspecified atom stereocenters. The van der Waals surface area contributed by atoms with E-state index in [4.69, 9.17) is 0 Å². The Labute approximate surface area is 170 Å². The molecule has 30 heavy (non-hydrogen) atoms. The van der Waals surface area contributed by atoms with E-state index in [2.05, 4.69) is 15.7 Å². The summed E-state index contributed by atoms with van der Waals surface area (Å²) < 4.78 is 15.3. The van der Waals surface area contributed by atoms with E-state index >= 15 is 0 Å². The minimum absolute atomic E-state index is 0.0227. The van der Waals surface area contributed by atoms with Gasteiger partial charge in [-0.25, -0.2) is 9.07 Å². The van der Waals surface area contributed by atoms with Gasteiger partial charge in [0.2, 0.25) is 5.43 Å². The molecule has 0 aliphatic heterocycles. The standard InChI is InChI=1S/C20H18FN5O4/c1-13-12-18(27)19(24-25(13)17-5-3-2-4-16(17)21)20(28)23-11-10-22-14-6-8-15(9-7-14)26(29)30/h2-9,12,22H,10-11H2,1H3,(H,23,28). The van der Waals surface area contributed by atoms with Crippen LogP contribution >= 0.6 is 0 Å². The number of benzene rings is 2. The molecule has 0 saturated heterocycles. The SMILES string of the molecule is Cc1cc(=O)c(C(=O)NCCNc2ccc([N+](=O)[O-])cc2)nn1-c1ccccc1F. The van der Waals surface area contributed by atoms with Gasteiger partial charge in [0.1, 0.15) is 11.5 Å². The van der Waals surface area contributed by atoms with E-state index in [-0.39, 0.29) is 23.6 Å². The molecule has 10 heteroatoms. The zero-order valence-corrected chi connectivity index (χ0v) is 16.0. The van der Waals surface area contributed by atoms with Gasteiger partial charge in [0.25, 0.3) is 11.6 Å². The van der Waals surface area contributed by atoms with Crippen molar-refractivity contribution in [1.82, 2.24) is 15.1 Å². The van der Waals surface area contributed by atoms with Crippen molar-refractivity contribution in [3.8, 4) is 5.69 Å². The molecule has 2 N–H and O–H groups in total. The number of hydrogen-bond acceptors (Lipinski definition) is 6. The number of nitro benzene ring substituents is 1. The van der Waals surface area contributed by atoms with Crippen LogP contribution in [-0.2, 0) is 0 Å². The van der Waals surface area contributed by atoms with E-state index in [0.717, 1.165) is 0 Å². The Morgan fingerprint density at radius 2 is 1.87 bits per heavy atom. The van der Waals surface area contributed by atoms with Crippen LogP contribution in [0.25, 0.3) is 5.69 Å². The van der Waals surface area contributed by atoms with Gasteiger partial charge in [-0.2, -0.15) is 5.10 Å². The minimum atomic E-state index is -0.685. The van der Waals surface area contributed by atoms with Crippen LogP contribution in [0.5, 0.6) is 0 Å². The minimum Gasteiger partial charge on any atom is -0.383 e. The number of non-ortho nitro benzene ring substituents is 1. The Balaban J connectivity index is 1.65. The summed E-state index contributed by atoms with van der Waals surface area (Å²) in [6.07, 6.45) is 0. The number of rotatable bonds is 7. The van der Waals surface area contributed by atoms with Crippen molar-refractivity contribution in [2.75, 3.05) is 18.4 Å². The van der Waals surface area contributed by atoms with Crippen LogP contribution in [-0.4, -0.2) is 33.7 Å². The zero-order chi connectivity index (χ0) is 21.7. The lowest BCUT2D eigenvalue weighted by Crippen LogP contribution is -2.34. The molecule has 0 spiro atoms. The third-order valence-electron chi connectivity index (χ3n) is 4.22. The number of nitrogens with one attached hydrogen (secondary N) is 2. The monoisotopic (exact) mass is 411 g/mol. The van der Waals surface area contributed by atoms with Crippen molar-refractivity contribution in [2.24, 2.45) is 0 Å². The van der Waals surface area contributed by atoms with Gasteiger partial charge >= 0.3 is 0 Å². The molecule has 1 aromatic heterocycles. The number of para-hydroxylation sites is 1. The lowest BCUT2D eigenvalue weighted by atomic mass is 10.2. The third kappa shape index (κ3) is 4.66. The van der Waals surface area contributed by atoms with E-state index in [9.17, 15) is 24.1 Å². The number of carbonyl (C=O) groups is 1. The first-order valence-corrected chi connectivity index (χ1v) is 8.99. The summed E-state index contributed by atoms with van der Waals surface area (Å²) in [6.45, 7) is 2.08. The van der Waals surface area contributed by atoms with Gasteiger partial charge < -0.3 is 10.6 Å². The average molecular weight is 411 g/mol. The van der Waals surface area contributed by atoms with Crippen LogP contribution in [0.2, 0.25) is 0 Å². The van der Waals surface area contributed by atoms with Crippen molar-refractivity contribution in [3.63, 3.8) is 0 Å². The summed E-state index contributed by atoms with van der Waals surface area (Å²) in [7, 11) is 0. The number of amides is 1. The maximum absolute atomic E-state index is 14.1. The zero-order valence-electron chi connectivity index (χ0n) is 16.0. The Morgan fingerprint density at radius 1 is 1.17 bits per heavy atom. The summed E-state index contributed by atoms with van der Waals surface area (Å²) in [5, 5.41) is 20.3. The highest BCUT2D eigenvalue weighted by Gasteiger charge is 2.16. The van der Waals surface area contributed by atoms with E-state index in [1.54, 1.807) is 25.1 Å². The number of anilines is 1. The number of aromatic nitrogens is 2. The van der Waals surface area contributed by atoms with Gasteiger partial charge in [0.05, 0.1) is 4.92 Å². The number of hydrogen-bond donors (Lipinski definition) is 2.